The van der Waals surface area contributed by atoms with Crippen LogP contribution in [0.15, 0.2) is 18.2 Å². The Morgan fingerprint density at radius 3 is 2.50 bits per heavy atom. The number of hydrogen-bond acceptors (Lipinski definition) is 6. The average molecular weight is 395 g/mol. The fraction of sp³-hybridized carbons (Fsp3) is 0.667. The van der Waals surface area contributed by atoms with Crippen LogP contribution in [0.25, 0.3) is 0 Å². The number of hydrogen-bond donors (Lipinski definition) is 2. The van der Waals surface area contributed by atoms with E-state index in [0.29, 0.717) is 13.2 Å². The number of carbonyl (C=O) groups is 1. The summed E-state index contributed by atoms with van der Waals surface area (Å²) in [4.78, 5) is 10.8. The van der Waals surface area contributed by atoms with E-state index in [2.05, 4.69) is 17.0 Å². The molecule has 28 heavy (non-hydrogen) atoms. The summed E-state index contributed by atoms with van der Waals surface area (Å²) in [6.45, 7) is 7.85. The molecule has 2 fully saturated rings. The SMILES string of the molecule is CCOc1ccc(CN2CCC3(CC2)CC(C)(O)CCO3)cc1OC.O=CO. The molecule has 7 nitrogen and oxygen atoms in total. The van der Waals surface area contributed by atoms with Crippen molar-refractivity contribution < 1.29 is 29.2 Å². The Morgan fingerprint density at radius 2 is 1.93 bits per heavy atom. The van der Waals surface area contributed by atoms with Gasteiger partial charge in [-0.05, 0) is 50.8 Å². The summed E-state index contributed by atoms with van der Waals surface area (Å²) in [5, 5.41) is 17.3. The molecule has 1 unspecified atom stereocenters. The van der Waals surface area contributed by atoms with Gasteiger partial charge in [0, 0.05) is 26.1 Å². The van der Waals surface area contributed by atoms with E-state index in [1.807, 2.05) is 19.9 Å². The summed E-state index contributed by atoms with van der Waals surface area (Å²) in [7, 11) is 1.68. The zero-order valence-corrected chi connectivity index (χ0v) is 17.1. The lowest BCUT2D eigenvalue weighted by molar-refractivity contribution is -0.173. The third-order valence-electron chi connectivity index (χ3n) is 5.45. The molecule has 0 saturated carbocycles. The van der Waals surface area contributed by atoms with Crippen molar-refractivity contribution in [1.29, 1.82) is 0 Å². The van der Waals surface area contributed by atoms with Crippen LogP contribution >= 0.6 is 0 Å². The van der Waals surface area contributed by atoms with E-state index in [0.717, 1.165) is 56.8 Å². The van der Waals surface area contributed by atoms with Crippen molar-refractivity contribution in [3.63, 3.8) is 0 Å². The first-order chi connectivity index (χ1) is 13.4. The third-order valence-corrected chi connectivity index (χ3v) is 5.45. The van der Waals surface area contributed by atoms with Crippen LogP contribution < -0.4 is 9.47 Å². The minimum absolute atomic E-state index is 0.130. The number of ether oxygens (including phenoxy) is 3. The molecule has 0 radical (unpaired) electrons. The second kappa shape index (κ2) is 10.1. The highest BCUT2D eigenvalue weighted by Crippen LogP contribution is 2.39. The second-order valence-corrected chi connectivity index (χ2v) is 7.75. The first-order valence-electron chi connectivity index (χ1n) is 9.83. The van der Waals surface area contributed by atoms with Gasteiger partial charge in [0.15, 0.2) is 11.5 Å². The van der Waals surface area contributed by atoms with Gasteiger partial charge in [0.1, 0.15) is 0 Å². The van der Waals surface area contributed by atoms with Crippen molar-refractivity contribution in [2.45, 2.75) is 57.3 Å². The molecule has 0 bridgehead atoms. The number of nitrogens with zero attached hydrogens (tertiary/aromatic N) is 1. The predicted molar refractivity (Wildman–Crippen MR) is 106 cm³/mol. The lowest BCUT2D eigenvalue weighted by Gasteiger charge is -2.48. The molecule has 2 heterocycles. The van der Waals surface area contributed by atoms with Crippen molar-refractivity contribution in [3.8, 4) is 11.5 Å². The molecule has 0 aromatic heterocycles. The normalized spacial score (nSPS) is 24.1. The Morgan fingerprint density at radius 1 is 1.25 bits per heavy atom. The number of carboxylic acid groups (broad SMARTS) is 1. The Labute approximate surface area is 167 Å². The Bertz CT molecular complexity index is 625. The van der Waals surface area contributed by atoms with E-state index in [4.69, 9.17) is 24.1 Å². The largest absolute Gasteiger partial charge is 0.493 e. The predicted octanol–water partition coefficient (Wildman–Crippen LogP) is 2.69. The first-order valence-corrected chi connectivity index (χ1v) is 9.83. The van der Waals surface area contributed by atoms with Crippen molar-refractivity contribution in [3.05, 3.63) is 23.8 Å². The van der Waals surface area contributed by atoms with Gasteiger partial charge in [-0.3, -0.25) is 9.69 Å². The molecule has 3 rings (SSSR count). The van der Waals surface area contributed by atoms with E-state index >= 15 is 0 Å². The van der Waals surface area contributed by atoms with E-state index < -0.39 is 5.60 Å². The molecule has 2 N–H and O–H groups in total. The van der Waals surface area contributed by atoms with Crippen LogP contribution in [0.2, 0.25) is 0 Å². The van der Waals surface area contributed by atoms with Gasteiger partial charge >= 0.3 is 0 Å². The smallest absolute Gasteiger partial charge is 0.290 e. The van der Waals surface area contributed by atoms with Crippen molar-refractivity contribution >= 4 is 6.47 Å². The van der Waals surface area contributed by atoms with Crippen molar-refractivity contribution in [2.75, 3.05) is 33.4 Å². The molecule has 1 atom stereocenters. The first kappa shape index (κ1) is 22.5. The highest BCUT2D eigenvalue weighted by Gasteiger charge is 2.44. The minimum atomic E-state index is -0.580. The molecule has 0 amide bonds. The molecule has 2 aliphatic heterocycles. The molecule has 158 valence electrons. The number of benzene rings is 1. The molecule has 2 aliphatic rings. The fourth-order valence-corrected chi connectivity index (χ4v) is 4.10. The number of likely N-dealkylation sites (tertiary alicyclic amines) is 1. The number of piperidine rings is 1. The Hall–Kier alpha value is -1.83. The summed E-state index contributed by atoms with van der Waals surface area (Å²) < 4.78 is 17.1. The number of methoxy groups -OCH3 is 1. The average Bonchev–Trinajstić information content (AvgIpc) is 2.65. The molecule has 1 spiro atoms. The summed E-state index contributed by atoms with van der Waals surface area (Å²) in [6, 6.07) is 6.17. The summed E-state index contributed by atoms with van der Waals surface area (Å²) in [6.07, 6.45) is 3.46. The maximum Gasteiger partial charge on any atom is 0.290 e. The van der Waals surface area contributed by atoms with Crippen LogP contribution in [-0.2, 0) is 16.1 Å². The summed E-state index contributed by atoms with van der Waals surface area (Å²) in [5.41, 5.74) is 0.519. The van der Waals surface area contributed by atoms with E-state index in [1.54, 1.807) is 7.11 Å². The van der Waals surface area contributed by atoms with Crippen LogP contribution in [0.3, 0.4) is 0 Å². The molecule has 0 aliphatic carbocycles. The zero-order chi connectivity index (χ0) is 20.6. The highest BCUT2D eigenvalue weighted by molar-refractivity contribution is 5.43. The van der Waals surface area contributed by atoms with Gasteiger partial charge < -0.3 is 24.4 Å². The topological polar surface area (TPSA) is 88.5 Å². The minimum Gasteiger partial charge on any atom is -0.493 e. The maximum atomic E-state index is 10.4. The van der Waals surface area contributed by atoms with Gasteiger partial charge in [-0.2, -0.15) is 0 Å². The Balaban J connectivity index is 0.000000878. The fourth-order valence-electron chi connectivity index (χ4n) is 4.10. The van der Waals surface area contributed by atoms with Gasteiger partial charge in [0.25, 0.3) is 6.47 Å². The molecule has 2 saturated heterocycles. The van der Waals surface area contributed by atoms with Gasteiger partial charge in [-0.25, -0.2) is 0 Å². The van der Waals surface area contributed by atoms with E-state index in [9.17, 15) is 5.11 Å². The van der Waals surface area contributed by atoms with E-state index in [1.165, 1.54) is 5.56 Å². The standard InChI is InChI=1S/C20H31NO4.CH2O2/c1-4-24-17-6-5-16(13-18(17)23-3)14-21-10-7-20(8-11-21)15-19(2,22)9-12-25-20;2-1-3/h5-6,13,22H,4,7-12,14-15H2,1-3H3;1H,(H,2,3). The lowest BCUT2D eigenvalue weighted by Crippen LogP contribution is -2.53. The van der Waals surface area contributed by atoms with Crippen LogP contribution in [-0.4, -0.2) is 66.2 Å². The monoisotopic (exact) mass is 395 g/mol. The highest BCUT2D eigenvalue weighted by atomic mass is 16.5. The zero-order valence-electron chi connectivity index (χ0n) is 17.1. The van der Waals surface area contributed by atoms with Crippen molar-refractivity contribution in [1.82, 2.24) is 4.90 Å². The Kier molecular flexibility index (Phi) is 8.10. The summed E-state index contributed by atoms with van der Waals surface area (Å²) in [5.74, 6) is 1.59. The molecule has 1 aromatic carbocycles. The lowest BCUT2D eigenvalue weighted by atomic mass is 9.78. The third kappa shape index (κ3) is 6.09. The van der Waals surface area contributed by atoms with Gasteiger partial charge in [-0.15, -0.1) is 0 Å². The molecule has 1 aromatic rings. The molecule has 7 heteroatoms. The second-order valence-electron chi connectivity index (χ2n) is 7.75. The molecular weight excluding hydrogens is 362 g/mol. The van der Waals surface area contributed by atoms with Crippen LogP contribution in [0.5, 0.6) is 11.5 Å². The van der Waals surface area contributed by atoms with E-state index in [-0.39, 0.29) is 12.1 Å². The quantitative estimate of drug-likeness (QED) is 0.741. The maximum absolute atomic E-state index is 10.4. The molecular formula is C21H33NO6. The number of aliphatic hydroxyl groups is 1. The number of rotatable bonds is 5. The van der Waals surface area contributed by atoms with Crippen molar-refractivity contribution in [2.24, 2.45) is 0 Å². The van der Waals surface area contributed by atoms with Gasteiger partial charge in [0.2, 0.25) is 0 Å². The van der Waals surface area contributed by atoms with Crippen LogP contribution in [0.1, 0.15) is 45.1 Å². The van der Waals surface area contributed by atoms with Crippen LogP contribution in [0, 0.1) is 0 Å². The van der Waals surface area contributed by atoms with Gasteiger partial charge in [0.05, 0.1) is 31.5 Å². The summed E-state index contributed by atoms with van der Waals surface area (Å²) >= 11 is 0. The van der Waals surface area contributed by atoms with Gasteiger partial charge in [-0.1, -0.05) is 6.07 Å². The van der Waals surface area contributed by atoms with Crippen LogP contribution in [0.4, 0.5) is 0 Å².